The molecule has 1 nitrogen and oxygen atoms in total. The molecule has 1 aliphatic heterocycles. The largest absolute Gasteiger partial charge is 0.293 e. The number of carbonyl (C=O) groups is 1. The molecule has 0 bridgehead atoms. The molecule has 18 heavy (non-hydrogen) atoms. The van der Waals surface area contributed by atoms with Crippen molar-refractivity contribution in [1.29, 1.82) is 0 Å². The van der Waals surface area contributed by atoms with Gasteiger partial charge in [-0.15, -0.1) is 11.8 Å². The van der Waals surface area contributed by atoms with Crippen LogP contribution in [0.1, 0.15) is 23.7 Å². The van der Waals surface area contributed by atoms with Crippen LogP contribution in [-0.2, 0) is 0 Å². The highest BCUT2D eigenvalue weighted by Crippen LogP contribution is 2.36. The number of hydrogen-bond acceptors (Lipinski definition) is 3. The van der Waals surface area contributed by atoms with E-state index >= 15 is 0 Å². The summed E-state index contributed by atoms with van der Waals surface area (Å²) in [6, 6.07) is 5.08. The van der Waals surface area contributed by atoms with Crippen molar-refractivity contribution in [2.24, 2.45) is 0 Å². The first-order valence-corrected chi connectivity index (χ1v) is 8.71. The normalized spacial score (nSPS) is 23.9. The average Bonchev–Trinajstić information content (AvgIpc) is 2.40. The van der Waals surface area contributed by atoms with Gasteiger partial charge in [-0.3, -0.25) is 4.79 Å². The maximum Gasteiger partial charge on any atom is 0.178 e. The number of ketones is 1. The second-order valence-corrected chi connectivity index (χ2v) is 7.54. The molecule has 1 aromatic carbocycles. The van der Waals surface area contributed by atoms with E-state index in [1.165, 1.54) is 0 Å². The Balaban J connectivity index is 2.26. The summed E-state index contributed by atoms with van der Waals surface area (Å²) in [6.07, 6.45) is 1.01. The van der Waals surface area contributed by atoms with Crippen molar-refractivity contribution in [1.82, 2.24) is 0 Å². The standard InChI is InChI=1S/C13H14Cl2OS2/c1-2-11-13(18-6-5-17-11)12(16)9-7-8(14)3-4-10(9)15/h3-4,7,11,13H,2,5-6H2,1H3. The topological polar surface area (TPSA) is 17.1 Å². The highest BCUT2D eigenvalue weighted by atomic mass is 35.5. The number of rotatable bonds is 3. The Kier molecular flexibility index (Phi) is 5.31. The molecule has 0 radical (unpaired) electrons. The van der Waals surface area contributed by atoms with E-state index < -0.39 is 0 Å². The molecule has 1 aliphatic rings. The molecule has 0 saturated carbocycles. The summed E-state index contributed by atoms with van der Waals surface area (Å²) in [5, 5.41) is 1.44. The SMILES string of the molecule is CCC1SCCSC1C(=O)c1cc(Cl)ccc1Cl. The zero-order valence-corrected chi connectivity index (χ0v) is 13.1. The third kappa shape index (κ3) is 3.19. The molecule has 0 aliphatic carbocycles. The number of benzene rings is 1. The Labute approximate surface area is 126 Å². The summed E-state index contributed by atoms with van der Waals surface area (Å²) in [5.41, 5.74) is 0.558. The highest BCUT2D eigenvalue weighted by molar-refractivity contribution is 8.07. The highest BCUT2D eigenvalue weighted by Gasteiger charge is 2.32. The van der Waals surface area contributed by atoms with E-state index in [4.69, 9.17) is 23.2 Å². The molecule has 0 amide bonds. The van der Waals surface area contributed by atoms with Crippen LogP contribution in [0.4, 0.5) is 0 Å². The van der Waals surface area contributed by atoms with Crippen molar-refractivity contribution in [3.8, 4) is 0 Å². The molecule has 0 N–H and O–H groups in total. The number of thioether (sulfide) groups is 2. The van der Waals surface area contributed by atoms with Gasteiger partial charge in [0.2, 0.25) is 0 Å². The van der Waals surface area contributed by atoms with Crippen molar-refractivity contribution in [3.63, 3.8) is 0 Å². The van der Waals surface area contributed by atoms with E-state index in [1.54, 1.807) is 30.0 Å². The van der Waals surface area contributed by atoms with Gasteiger partial charge < -0.3 is 0 Å². The number of halogens is 2. The number of Topliss-reactive ketones (excluding diaryl/α,β-unsaturated/α-hetero) is 1. The average molecular weight is 321 g/mol. The van der Waals surface area contributed by atoms with Gasteiger partial charge in [0.15, 0.2) is 5.78 Å². The summed E-state index contributed by atoms with van der Waals surface area (Å²) in [4.78, 5) is 12.6. The Morgan fingerprint density at radius 3 is 2.78 bits per heavy atom. The lowest BCUT2D eigenvalue weighted by Gasteiger charge is -2.29. The van der Waals surface area contributed by atoms with E-state index in [0.717, 1.165) is 17.9 Å². The monoisotopic (exact) mass is 320 g/mol. The van der Waals surface area contributed by atoms with Gasteiger partial charge in [0, 0.05) is 27.3 Å². The quantitative estimate of drug-likeness (QED) is 0.744. The fraction of sp³-hybridized carbons (Fsp3) is 0.462. The van der Waals surface area contributed by atoms with Gasteiger partial charge in [-0.1, -0.05) is 30.1 Å². The Morgan fingerprint density at radius 1 is 1.33 bits per heavy atom. The Hall–Kier alpha value is 0.170. The molecule has 2 rings (SSSR count). The van der Waals surface area contributed by atoms with Gasteiger partial charge >= 0.3 is 0 Å². The lowest BCUT2D eigenvalue weighted by atomic mass is 10.0. The molecule has 2 atom stereocenters. The van der Waals surface area contributed by atoms with E-state index in [1.807, 2.05) is 11.8 Å². The van der Waals surface area contributed by atoms with Crippen LogP contribution in [0, 0.1) is 0 Å². The summed E-state index contributed by atoms with van der Waals surface area (Å²) in [6.45, 7) is 2.13. The van der Waals surface area contributed by atoms with Crippen LogP contribution in [0.15, 0.2) is 18.2 Å². The molecular weight excluding hydrogens is 307 g/mol. The van der Waals surface area contributed by atoms with Gasteiger partial charge in [0.1, 0.15) is 0 Å². The van der Waals surface area contributed by atoms with E-state index in [9.17, 15) is 4.79 Å². The van der Waals surface area contributed by atoms with Gasteiger partial charge in [-0.2, -0.15) is 11.8 Å². The van der Waals surface area contributed by atoms with Crippen molar-refractivity contribution in [3.05, 3.63) is 33.8 Å². The smallest absolute Gasteiger partial charge is 0.178 e. The molecule has 1 heterocycles. The minimum atomic E-state index is 0.00437. The number of hydrogen-bond donors (Lipinski definition) is 0. The number of carbonyl (C=O) groups excluding carboxylic acids is 1. The molecule has 5 heteroatoms. The molecular formula is C13H14Cl2OS2. The van der Waals surface area contributed by atoms with Crippen LogP contribution in [0.5, 0.6) is 0 Å². The minimum Gasteiger partial charge on any atom is -0.293 e. The second kappa shape index (κ2) is 6.56. The third-order valence-corrected chi connectivity index (χ3v) is 6.72. The molecule has 1 aromatic rings. The summed E-state index contributed by atoms with van der Waals surface area (Å²) >= 11 is 15.7. The van der Waals surface area contributed by atoms with Crippen LogP contribution in [-0.4, -0.2) is 27.8 Å². The maximum absolute atomic E-state index is 12.6. The lowest BCUT2D eigenvalue weighted by Crippen LogP contribution is -2.33. The van der Waals surface area contributed by atoms with Gasteiger partial charge in [0.25, 0.3) is 0 Å². The predicted molar refractivity (Wildman–Crippen MR) is 83.6 cm³/mol. The van der Waals surface area contributed by atoms with E-state index in [2.05, 4.69) is 6.92 Å². The summed E-state index contributed by atoms with van der Waals surface area (Å²) < 4.78 is 0. The van der Waals surface area contributed by atoms with E-state index in [0.29, 0.717) is 20.9 Å². The van der Waals surface area contributed by atoms with E-state index in [-0.39, 0.29) is 11.0 Å². The molecule has 1 fully saturated rings. The van der Waals surface area contributed by atoms with Crippen LogP contribution in [0.3, 0.4) is 0 Å². The molecule has 0 aromatic heterocycles. The second-order valence-electron chi connectivity index (χ2n) is 4.10. The van der Waals surface area contributed by atoms with Crippen molar-refractivity contribution in [2.45, 2.75) is 23.8 Å². The molecule has 98 valence electrons. The Morgan fingerprint density at radius 2 is 2.06 bits per heavy atom. The third-order valence-electron chi connectivity index (χ3n) is 2.90. The first-order valence-electron chi connectivity index (χ1n) is 5.86. The van der Waals surface area contributed by atoms with Crippen molar-refractivity contribution in [2.75, 3.05) is 11.5 Å². The molecule has 1 saturated heterocycles. The van der Waals surface area contributed by atoms with Crippen molar-refractivity contribution >= 4 is 52.5 Å². The van der Waals surface area contributed by atoms with Crippen LogP contribution in [0.25, 0.3) is 0 Å². The predicted octanol–water partition coefficient (Wildman–Crippen LogP) is 4.80. The zero-order valence-electron chi connectivity index (χ0n) is 9.99. The van der Waals surface area contributed by atoms with Crippen molar-refractivity contribution < 1.29 is 4.79 Å². The van der Waals surface area contributed by atoms with Crippen LogP contribution >= 0.6 is 46.7 Å². The van der Waals surface area contributed by atoms with Gasteiger partial charge in [0.05, 0.1) is 10.3 Å². The first kappa shape index (κ1) is 14.6. The summed E-state index contributed by atoms with van der Waals surface area (Å²) in [5.74, 6) is 2.26. The minimum absolute atomic E-state index is 0.00437. The Bertz CT molecular complexity index is 451. The maximum atomic E-state index is 12.6. The van der Waals surface area contributed by atoms with Crippen LogP contribution < -0.4 is 0 Å². The fourth-order valence-electron chi connectivity index (χ4n) is 1.99. The van der Waals surface area contributed by atoms with Gasteiger partial charge in [-0.25, -0.2) is 0 Å². The lowest BCUT2D eigenvalue weighted by molar-refractivity contribution is 0.0988. The molecule has 0 spiro atoms. The zero-order chi connectivity index (χ0) is 13.1. The first-order chi connectivity index (χ1) is 8.63. The summed E-state index contributed by atoms with van der Waals surface area (Å²) in [7, 11) is 0. The molecule has 2 unspecified atom stereocenters. The fourth-order valence-corrected chi connectivity index (χ4v) is 5.39. The van der Waals surface area contributed by atoms with Gasteiger partial charge in [-0.05, 0) is 24.6 Å². The van der Waals surface area contributed by atoms with Crippen LogP contribution in [0.2, 0.25) is 10.0 Å².